The first-order valence-electron chi connectivity index (χ1n) is 4.25. The van der Waals surface area contributed by atoms with Crippen LogP contribution in [0.1, 0.15) is 10.6 Å². The van der Waals surface area contributed by atoms with Gasteiger partial charge in [-0.25, -0.2) is 4.98 Å². The van der Waals surface area contributed by atoms with Crippen LogP contribution in [0, 0.1) is 6.92 Å². The predicted molar refractivity (Wildman–Crippen MR) is 72.8 cm³/mol. The van der Waals surface area contributed by atoms with Crippen LogP contribution >= 0.6 is 50.4 Å². The van der Waals surface area contributed by atoms with Crippen molar-refractivity contribution in [2.24, 2.45) is 0 Å². The van der Waals surface area contributed by atoms with Gasteiger partial charge in [-0.3, -0.25) is 0 Å². The van der Waals surface area contributed by atoms with Crippen LogP contribution in [0.5, 0.6) is 0 Å². The van der Waals surface area contributed by atoms with E-state index >= 15 is 0 Å². The van der Waals surface area contributed by atoms with E-state index in [4.69, 9.17) is 5.73 Å². The van der Waals surface area contributed by atoms with E-state index in [-0.39, 0.29) is 0 Å². The van der Waals surface area contributed by atoms with Gasteiger partial charge in [0.1, 0.15) is 0 Å². The highest BCUT2D eigenvalue weighted by molar-refractivity contribution is 9.11. The molecule has 2 aromatic heterocycles. The number of nitrogen functional groups attached to an aromatic ring is 1. The monoisotopic (exact) mass is 320 g/mol. The Hall–Kier alpha value is -0.0400. The van der Waals surface area contributed by atoms with Crippen LogP contribution in [0.15, 0.2) is 20.1 Å². The Morgan fingerprint density at radius 3 is 2.80 bits per heavy atom. The number of nitrogens with two attached hydrogens (primary N) is 1. The second kappa shape index (κ2) is 4.86. The molecule has 0 saturated heterocycles. The molecule has 0 atom stereocenters. The molecule has 2 aromatic rings. The first kappa shape index (κ1) is 11.4. The van der Waals surface area contributed by atoms with Gasteiger partial charge in [0.15, 0.2) is 5.13 Å². The second-order valence-electron chi connectivity index (χ2n) is 2.92. The Morgan fingerprint density at radius 2 is 2.27 bits per heavy atom. The average molecular weight is 321 g/mol. The molecule has 0 spiro atoms. The van der Waals surface area contributed by atoms with Crippen LogP contribution in [0.2, 0.25) is 0 Å². The maximum absolute atomic E-state index is 5.64. The van der Waals surface area contributed by atoms with Crippen LogP contribution in [0.25, 0.3) is 0 Å². The first-order valence-corrected chi connectivity index (χ1v) is 7.66. The van der Waals surface area contributed by atoms with Crippen LogP contribution in [-0.4, -0.2) is 4.98 Å². The SMILES string of the molecule is Cc1nc(N)sc1SCc1ccc(Br)s1. The van der Waals surface area contributed by atoms with Crippen molar-refractivity contribution in [2.75, 3.05) is 5.73 Å². The van der Waals surface area contributed by atoms with Gasteiger partial charge in [-0.2, -0.15) is 0 Å². The average Bonchev–Trinajstić information content (AvgIpc) is 2.70. The van der Waals surface area contributed by atoms with Crippen molar-refractivity contribution in [1.29, 1.82) is 0 Å². The van der Waals surface area contributed by atoms with Crippen LogP contribution in [0.3, 0.4) is 0 Å². The molecule has 0 aromatic carbocycles. The summed E-state index contributed by atoms with van der Waals surface area (Å²) in [5.41, 5.74) is 6.68. The third-order valence-corrected chi connectivity index (χ3v) is 5.95. The molecule has 0 amide bonds. The Labute approximate surface area is 109 Å². The molecule has 0 radical (unpaired) electrons. The molecule has 2 nitrogen and oxygen atoms in total. The lowest BCUT2D eigenvalue weighted by atomic mass is 10.5. The van der Waals surface area contributed by atoms with Crippen molar-refractivity contribution >= 4 is 55.5 Å². The Bertz CT molecular complexity index is 464. The summed E-state index contributed by atoms with van der Waals surface area (Å²) in [4.78, 5) is 5.56. The van der Waals surface area contributed by atoms with Gasteiger partial charge in [0, 0.05) is 10.6 Å². The lowest BCUT2D eigenvalue weighted by molar-refractivity contribution is 1.21. The fourth-order valence-electron chi connectivity index (χ4n) is 1.10. The van der Waals surface area contributed by atoms with Gasteiger partial charge in [0.25, 0.3) is 0 Å². The zero-order valence-corrected chi connectivity index (χ0v) is 12.0. The summed E-state index contributed by atoms with van der Waals surface area (Å²) in [6.45, 7) is 2.00. The Kier molecular flexibility index (Phi) is 3.71. The number of nitrogens with zero attached hydrogens (tertiary/aromatic N) is 1. The molecule has 6 heteroatoms. The summed E-state index contributed by atoms with van der Waals surface area (Å²) in [5, 5.41) is 0.655. The van der Waals surface area contributed by atoms with Gasteiger partial charge in [-0.1, -0.05) is 11.3 Å². The van der Waals surface area contributed by atoms with E-state index in [0.29, 0.717) is 5.13 Å². The highest BCUT2D eigenvalue weighted by atomic mass is 79.9. The van der Waals surface area contributed by atoms with E-state index in [2.05, 4.69) is 33.0 Å². The summed E-state index contributed by atoms with van der Waals surface area (Å²) in [5.74, 6) is 0.985. The van der Waals surface area contributed by atoms with Gasteiger partial charge >= 0.3 is 0 Å². The summed E-state index contributed by atoms with van der Waals surface area (Å²) >= 11 is 8.59. The summed E-state index contributed by atoms with van der Waals surface area (Å²) in [6, 6.07) is 4.22. The smallest absolute Gasteiger partial charge is 0.181 e. The lowest BCUT2D eigenvalue weighted by Crippen LogP contribution is -1.80. The topological polar surface area (TPSA) is 38.9 Å². The standard InChI is InChI=1S/C9H9BrN2S3/c1-5-8(15-9(11)12-5)13-4-6-2-3-7(10)14-6/h2-3H,4H2,1H3,(H2,11,12). The van der Waals surface area contributed by atoms with Crippen LogP contribution in [0.4, 0.5) is 5.13 Å². The van der Waals surface area contributed by atoms with E-state index in [0.717, 1.165) is 11.4 Å². The van der Waals surface area contributed by atoms with E-state index in [1.807, 2.05) is 6.92 Å². The normalized spacial score (nSPS) is 10.8. The van der Waals surface area contributed by atoms with Gasteiger partial charge in [-0.05, 0) is 35.0 Å². The molecule has 0 aliphatic carbocycles. The number of anilines is 1. The van der Waals surface area contributed by atoms with Crippen molar-refractivity contribution in [2.45, 2.75) is 16.9 Å². The van der Waals surface area contributed by atoms with Crippen molar-refractivity contribution in [3.63, 3.8) is 0 Å². The minimum Gasteiger partial charge on any atom is -0.375 e. The number of thiazole rings is 1. The minimum absolute atomic E-state index is 0.655. The third kappa shape index (κ3) is 2.96. The number of thioether (sulfide) groups is 1. The zero-order valence-electron chi connectivity index (χ0n) is 7.99. The molecule has 80 valence electrons. The third-order valence-electron chi connectivity index (χ3n) is 1.74. The lowest BCUT2D eigenvalue weighted by Gasteiger charge is -1.95. The van der Waals surface area contributed by atoms with Crippen molar-refractivity contribution in [1.82, 2.24) is 4.98 Å². The molecule has 2 heterocycles. The molecule has 2 rings (SSSR count). The maximum Gasteiger partial charge on any atom is 0.181 e. The molecule has 15 heavy (non-hydrogen) atoms. The first-order chi connectivity index (χ1) is 7.15. The molecule has 0 aliphatic rings. The van der Waals surface area contributed by atoms with E-state index in [1.165, 1.54) is 12.9 Å². The molecule has 0 unspecified atom stereocenters. The molecule has 0 aliphatic heterocycles. The predicted octanol–water partition coefficient (Wildman–Crippen LogP) is 4.15. The van der Waals surface area contributed by atoms with E-state index < -0.39 is 0 Å². The highest BCUT2D eigenvalue weighted by Gasteiger charge is 2.06. The van der Waals surface area contributed by atoms with Crippen LogP contribution < -0.4 is 5.73 Å². The number of hydrogen-bond donors (Lipinski definition) is 1. The molecule has 2 N–H and O–H groups in total. The number of hydrogen-bond acceptors (Lipinski definition) is 5. The number of rotatable bonds is 3. The quantitative estimate of drug-likeness (QED) is 0.863. The number of aryl methyl sites for hydroxylation is 1. The van der Waals surface area contributed by atoms with Gasteiger partial charge in [-0.15, -0.1) is 23.1 Å². The molecule has 0 saturated carbocycles. The van der Waals surface area contributed by atoms with Crippen molar-refractivity contribution < 1.29 is 0 Å². The number of thiophene rings is 1. The van der Waals surface area contributed by atoms with E-state index in [1.54, 1.807) is 34.4 Å². The molecular formula is C9H9BrN2S3. The van der Waals surface area contributed by atoms with Gasteiger partial charge in [0.05, 0.1) is 13.7 Å². The van der Waals surface area contributed by atoms with Crippen LogP contribution in [-0.2, 0) is 5.75 Å². The highest BCUT2D eigenvalue weighted by Crippen LogP contribution is 2.34. The number of halogens is 1. The fraction of sp³-hybridized carbons (Fsp3) is 0.222. The Balaban J connectivity index is 2.01. The van der Waals surface area contributed by atoms with E-state index in [9.17, 15) is 0 Å². The van der Waals surface area contributed by atoms with Gasteiger partial charge < -0.3 is 5.73 Å². The molecule has 0 fully saturated rings. The van der Waals surface area contributed by atoms with Crippen molar-refractivity contribution in [3.8, 4) is 0 Å². The van der Waals surface area contributed by atoms with Gasteiger partial charge in [0.2, 0.25) is 0 Å². The largest absolute Gasteiger partial charge is 0.375 e. The summed E-state index contributed by atoms with van der Waals surface area (Å²) in [7, 11) is 0. The van der Waals surface area contributed by atoms with Crippen molar-refractivity contribution in [3.05, 3.63) is 26.5 Å². The molecule has 0 bridgehead atoms. The minimum atomic E-state index is 0.655. The zero-order chi connectivity index (χ0) is 10.8. The fourth-order valence-corrected chi connectivity index (χ4v) is 4.65. The summed E-state index contributed by atoms with van der Waals surface area (Å²) < 4.78 is 2.40. The molecular weight excluding hydrogens is 312 g/mol. The summed E-state index contributed by atoms with van der Waals surface area (Å²) in [6.07, 6.45) is 0. The number of aromatic nitrogens is 1. The Morgan fingerprint density at radius 1 is 1.47 bits per heavy atom. The second-order valence-corrected chi connectivity index (χ2v) is 7.74. The maximum atomic E-state index is 5.64.